The molecular weight excluding hydrogens is 270 g/mol. The van der Waals surface area contributed by atoms with Crippen molar-refractivity contribution in [1.29, 1.82) is 0 Å². The molecule has 0 aromatic carbocycles. The van der Waals surface area contributed by atoms with Gasteiger partial charge in [0.25, 0.3) is 0 Å². The molecule has 1 fully saturated rings. The second-order valence-corrected chi connectivity index (χ2v) is 5.71. The van der Waals surface area contributed by atoms with E-state index in [0.29, 0.717) is 17.4 Å². The van der Waals surface area contributed by atoms with Crippen molar-refractivity contribution < 1.29 is 5.11 Å². The van der Waals surface area contributed by atoms with E-state index in [-0.39, 0.29) is 12.6 Å². The smallest absolute Gasteiger partial charge is 0.172 e. The van der Waals surface area contributed by atoms with Crippen LogP contribution in [0.25, 0.3) is 11.0 Å². The lowest BCUT2D eigenvalue weighted by Crippen LogP contribution is -2.26. The van der Waals surface area contributed by atoms with Crippen LogP contribution in [0.15, 0.2) is 11.4 Å². The van der Waals surface area contributed by atoms with Crippen molar-refractivity contribution in [2.24, 2.45) is 16.8 Å². The highest BCUT2D eigenvalue weighted by molar-refractivity contribution is 6.12. The molecule has 3 N–H and O–H groups in total. The summed E-state index contributed by atoms with van der Waals surface area (Å²) in [6, 6.07) is 0.248. The number of anilines is 1. The molecule has 4 rings (SSSR count). The number of aromatic nitrogens is 4. The summed E-state index contributed by atoms with van der Waals surface area (Å²) in [6.45, 7) is 0.231. The number of hydrogen-bond acceptors (Lipinski definition) is 7. The third-order valence-corrected chi connectivity index (χ3v) is 4.39. The number of aliphatic hydroxyl groups is 1. The van der Waals surface area contributed by atoms with Crippen molar-refractivity contribution in [3.05, 3.63) is 12.0 Å². The maximum Gasteiger partial charge on any atom is 0.172 e. The Morgan fingerprint density at radius 1 is 1.38 bits per heavy atom. The van der Waals surface area contributed by atoms with E-state index in [0.717, 1.165) is 36.1 Å². The fraction of sp³-hybridized carbons (Fsp3) is 0.538. The second kappa shape index (κ2) is 4.39. The lowest BCUT2D eigenvalue weighted by molar-refractivity contribution is 0.226. The highest BCUT2D eigenvalue weighted by Gasteiger charge is 2.31. The fourth-order valence-electron chi connectivity index (χ4n) is 3.33. The van der Waals surface area contributed by atoms with Crippen molar-refractivity contribution in [2.45, 2.75) is 25.3 Å². The van der Waals surface area contributed by atoms with Crippen LogP contribution in [0.4, 0.5) is 5.82 Å². The van der Waals surface area contributed by atoms with Gasteiger partial charge in [0.05, 0.1) is 11.4 Å². The molecule has 3 heterocycles. The van der Waals surface area contributed by atoms with Crippen molar-refractivity contribution in [1.82, 2.24) is 19.7 Å². The first kappa shape index (κ1) is 12.5. The molecule has 0 saturated heterocycles. The van der Waals surface area contributed by atoms with E-state index in [1.807, 2.05) is 11.7 Å². The third kappa shape index (κ3) is 1.72. The van der Waals surface area contributed by atoms with Crippen LogP contribution in [0.5, 0.6) is 0 Å². The number of nitrogens with two attached hydrogens (primary N) is 1. The van der Waals surface area contributed by atoms with E-state index >= 15 is 0 Å². The molecule has 2 aromatic rings. The molecule has 0 bridgehead atoms. The number of amidine groups is 1. The molecule has 0 radical (unpaired) electrons. The number of nitrogens with zero attached hydrogens (tertiary/aromatic N) is 6. The van der Waals surface area contributed by atoms with Gasteiger partial charge in [0.1, 0.15) is 12.0 Å². The van der Waals surface area contributed by atoms with E-state index in [4.69, 9.17) is 5.73 Å². The molecule has 1 aliphatic heterocycles. The molecule has 0 amide bonds. The second-order valence-electron chi connectivity index (χ2n) is 5.71. The number of rotatable bonds is 2. The lowest BCUT2D eigenvalue weighted by Gasteiger charge is -2.17. The predicted octanol–water partition coefficient (Wildman–Crippen LogP) is 0.230. The van der Waals surface area contributed by atoms with Gasteiger partial charge in [0, 0.05) is 13.7 Å². The Hall–Kier alpha value is -2.22. The molecule has 0 spiro atoms. The van der Waals surface area contributed by atoms with Gasteiger partial charge in [-0.25, -0.2) is 19.7 Å². The molecule has 8 nitrogen and oxygen atoms in total. The Labute approximate surface area is 121 Å². The fourth-order valence-corrected chi connectivity index (χ4v) is 3.33. The van der Waals surface area contributed by atoms with Crippen LogP contribution in [-0.2, 0) is 0 Å². The third-order valence-electron chi connectivity index (χ3n) is 4.39. The van der Waals surface area contributed by atoms with E-state index in [1.165, 1.54) is 6.33 Å². The van der Waals surface area contributed by atoms with E-state index in [2.05, 4.69) is 20.2 Å². The highest BCUT2D eigenvalue weighted by Crippen LogP contribution is 2.38. The summed E-state index contributed by atoms with van der Waals surface area (Å²) < 4.78 is 1.94. The maximum atomic E-state index is 9.33. The van der Waals surface area contributed by atoms with Gasteiger partial charge < -0.3 is 10.8 Å². The maximum absolute atomic E-state index is 9.33. The molecule has 0 unspecified atom stereocenters. The van der Waals surface area contributed by atoms with E-state index < -0.39 is 0 Å². The molecule has 2 atom stereocenters. The van der Waals surface area contributed by atoms with Gasteiger partial charge in [-0.15, -0.1) is 0 Å². The van der Waals surface area contributed by atoms with Gasteiger partial charge in [-0.2, -0.15) is 10.2 Å². The van der Waals surface area contributed by atoms with Crippen LogP contribution in [0.1, 0.15) is 31.0 Å². The van der Waals surface area contributed by atoms with Crippen LogP contribution in [0.3, 0.4) is 0 Å². The SMILES string of the molecule is CN1N=C(N)c2nn([C@H]3CC[C@@H](CO)C3)c3ncnc1c23. The molecule has 2 aromatic heterocycles. The summed E-state index contributed by atoms with van der Waals surface area (Å²) >= 11 is 0. The van der Waals surface area contributed by atoms with Crippen LogP contribution >= 0.6 is 0 Å². The zero-order chi connectivity index (χ0) is 14.6. The average molecular weight is 287 g/mol. The van der Waals surface area contributed by atoms with Crippen molar-refractivity contribution in [3.63, 3.8) is 0 Å². The minimum absolute atomic E-state index is 0.231. The molecule has 1 saturated carbocycles. The minimum Gasteiger partial charge on any atom is -0.396 e. The number of aliphatic hydroxyl groups excluding tert-OH is 1. The van der Waals surface area contributed by atoms with Gasteiger partial charge in [0.15, 0.2) is 17.3 Å². The van der Waals surface area contributed by atoms with Gasteiger partial charge in [-0.3, -0.25) is 0 Å². The molecule has 2 aliphatic rings. The first-order valence-corrected chi connectivity index (χ1v) is 7.11. The zero-order valence-corrected chi connectivity index (χ0v) is 11.8. The number of hydrogen-bond donors (Lipinski definition) is 2. The van der Waals surface area contributed by atoms with Crippen LogP contribution in [0, 0.1) is 5.92 Å². The summed E-state index contributed by atoms with van der Waals surface area (Å²) in [7, 11) is 1.81. The summed E-state index contributed by atoms with van der Waals surface area (Å²) in [5, 5.41) is 20.7. The molecule has 1 aliphatic carbocycles. The topological polar surface area (TPSA) is 105 Å². The normalized spacial score (nSPS) is 24.7. The molecule has 21 heavy (non-hydrogen) atoms. The quantitative estimate of drug-likeness (QED) is 0.819. The standard InChI is InChI=1S/C13H17N7O/c1-19-12-9-10(11(14)18-19)17-20(13(9)16-6-15-12)8-3-2-7(4-8)5-21/h6-8,21H,2-5H2,1H3,(H2,14,18)/t7-,8+/m1/s1. The zero-order valence-electron chi connectivity index (χ0n) is 11.8. The minimum atomic E-state index is 0.231. The summed E-state index contributed by atoms with van der Waals surface area (Å²) in [5.41, 5.74) is 7.45. The summed E-state index contributed by atoms with van der Waals surface area (Å²) in [5.74, 6) is 1.46. The summed E-state index contributed by atoms with van der Waals surface area (Å²) in [4.78, 5) is 8.68. The number of hydrazone groups is 1. The van der Waals surface area contributed by atoms with Crippen LogP contribution in [0.2, 0.25) is 0 Å². The molecule has 8 heteroatoms. The highest BCUT2D eigenvalue weighted by atomic mass is 16.3. The Bertz CT molecular complexity index is 737. The Kier molecular flexibility index (Phi) is 2.61. The van der Waals surface area contributed by atoms with Gasteiger partial charge in [-0.05, 0) is 25.2 Å². The summed E-state index contributed by atoms with van der Waals surface area (Å²) in [6.07, 6.45) is 4.46. The van der Waals surface area contributed by atoms with Crippen molar-refractivity contribution in [3.8, 4) is 0 Å². The largest absolute Gasteiger partial charge is 0.396 e. The van der Waals surface area contributed by atoms with Crippen LogP contribution < -0.4 is 10.7 Å². The average Bonchev–Trinajstić information content (AvgIpc) is 3.09. The lowest BCUT2D eigenvalue weighted by atomic mass is 10.1. The van der Waals surface area contributed by atoms with Crippen molar-refractivity contribution >= 4 is 22.7 Å². The van der Waals surface area contributed by atoms with Gasteiger partial charge in [0.2, 0.25) is 0 Å². The Morgan fingerprint density at radius 3 is 3.00 bits per heavy atom. The van der Waals surface area contributed by atoms with Crippen molar-refractivity contribution in [2.75, 3.05) is 18.7 Å². The van der Waals surface area contributed by atoms with Crippen LogP contribution in [-0.4, -0.2) is 44.3 Å². The van der Waals surface area contributed by atoms with E-state index in [9.17, 15) is 5.11 Å². The first-order chi connectivity index (χ1) is 10.2. The molecular formula is C13H17N7O. The van der Waals surface area contributed by atoms with Gasteiger partial charge in [-0.1, -0.05) is 0 Å². The van der Waals surface area contributed by atoms with E-state index in [1.54, 1.807) is 5.01 Å². The predicted molar refractivity (Wildman–Crippen MR) is 77.9 cm³/mol. The Balaban J connectivity index is 1.88. The first-order valence-electron chi connectivity index (χ1n) is 7.11. The van der Waals surface area contributed by atoms with Gasteiger partial charge >= 0.3 is 0 Å². The molecule has 110 valence electrons. The Morgan fingerprint density at radius 2 is 2.24 bits per heavy atom. The monoisotopic (exact) mass is 287 g/mol.